The number of amides is 4. The number of ether oxygens (including phenoxy) is 2. The molecular formula is C90H94N2O6. The van der Waals surface area contributed by atoms with Gasteiger partial charge in [0.2, 0.25) is 0 Å². The number of carbonyl (C=O) groups excluding carboxylic acids is 4. The Hall–Kier alpha value is -8.62. The average molecular weight is 1300 g/mol. The maximum Gasteiger partial charge on any atom is 0.261 e. The van der Waals surface area contributed by atoms with E-state index < -0.39 is 0 Å². The van der Waals surface area contributed by atoms with Crippen molar-refractivity contribution in [1.29, 1.82) is 0 Å². The zero-order valence-electron chi connectivity index (χ0n) is 59.1. The van der Waals surface area contributed by atoms with Crippen molar-refractivity contribution in [1.82, 2.24) is 9.80 Å². The molecule has 16 rings (SSSR count). The van der Waals surface area contributed by atoms with Crippen molar-refractivity contribution in [3.05, 3.63) is 130 Å². The highest BCUT2D eigenvalue weighted by Crippen LogP contribution is 2.56. The molecule has 0 spiro atoms. The molecule has 0 radical (unpaired) electrons. The first kappa shape index (κ1) is 64.1. The summed E-state index contributed by atoms with van der Waals surface area (Å²) in [6, 6.07) is 35.8. The Morgan fingerprint density at radius 1 is 0.286 bits per heavy atom. The lowest BCUT2D eigenvalue weighted by atomic mass is 9.78. The fourth-order valence-electron chi connectivity index (χ4n) is 18.7. The molecule has 0 fully saturated rings. The largest absolute Gasteiger partial charge is 0.493 e. The predicted octanol–water partition coefficient (Wildman–Crippen LogP) is 25.2. The molecule has 14 aromatic carbocycles. The van der Waals surface area contributed by atoms with Crippen molar-refractivity contribution in [2.75, 3.05) is 13.2 Å². The van der Waals surface area contributed by atoms with Crippen LogP contribution in [-0.2, 0) is 0 Å². The molecule has 2 aliphatic heterocycles. The molecule has 0 saturated heterocycles. The number of benzene rings is 14. The van der Waals surface area contributed by atoms with E-state index in [9.17, 15) is 9.59 Å². The third-order valence-corrected chi connectivity index (χ3v) is 23.3. The van der Waals surface area contributed by atoms with Crippen LogP contribution in [0.15, 0.2) is 97.1 Å². The van der Waals surface area contributed by atoms with Crippen molar-refractivity contribution < 1.29 is 28.7 Å². The number of unbranched alkanes of at least 4 members (excludes halogenated alkanes) is 18. The van der Waals surface area contributed by atoms with Gasteiger partial charge in [-0.3, -0.25) is 29.0 Å². The smallest absolute Gasteiger partial charge is 0.261 e. The summed E-state index contributed by atoms with van der Waals surface area (Å²) in [5.74, 6) is 0.513. The van der Waals surface area contributed by atoms with Crippen LogP contribution in [0, 0.1) is 13.8 Å². The van der Waals surface area contributed by atoms with E-state index in [0.717, 1.165) is 153 Å². The molecule has 0 aliphatic carbocycles. The van der Waals surface area contributed by atoms with Gasteiger partial charge >= 0.3 is 0 Å². The number of nitrogens with zero attached hydrogens (tertiary/aromatic N) is 2. The third-order valence-electron chi connectivity index (χ3n) is 23.3. The van der Waals surface area contributed by atoms with E-state index in [1.54, 1.807) is 4.90 Å². The minimum absolute atomic E-state index is 0.123. The fourth-order valence-corrected chi connectivity index (χ4v) is 18.7. The van der Waals surface area contributed by atoms with Crippen molar-refractivity contribution in [2.24, 2.45) is 0 Å². The van der Waals surface area contributed by atoms with Crippen molar-refractivity contribution >= 4 is 164 Å². The quantitative estimate of drug-likeness (QED) is 0.0193. The lowest BCUT2D eigenvalue weighted by molar-refractivity contribution is 0.0512. The second-order valence-electron chi connectivity index (χ2n) is 29.9. The molecule has 8 nitrogen and oxygen atoms in total. The highest BCUT2D eigenvalue weighted by molar-refractivity contribution is 6.50. The Morgan fingerprint density at radius 3 is 0.888 bits per heavy atom. The Balaban J connectivity index is 0.879. The van der Waals surface area contributed by atoms with Gasteiger partial charge in [0.15, 0.2) is 0 Å². The molecule has 0 N–H and O–H groups in total. The summed E-state index contributed by atoms with van der Waals surface area (Å²) in [7, 11) is 0. The summed E-state index contributed by atoms with van der Waals surface area (Å²) in [4.78, 5) is 63.5. The van der Waals surface area contributed by atoms with Crippen molar-refractivity contribution in [3.63, 3.8) is 0 Å². The van der Waals surface area contributed by atoms with E-state index in [4.69, 9.17) is 9.47 Å². The van der Waals surface area contributed by atoms with E-state index in [0.29, 0.717) is 52.4 Å². The van der Waals surface area contributed by atoms with E-state index >= 15 is 9.59 Å². The summed E-state index contributed by atoms with van der Waals surface area (Å²) in [5.41, 5.74) is 4.46. The molecule has 0 atom stereocenters. The SMILES string of the molecule is CCCCCCCCOc1cc2c3c(cc(OCCCCCCCC)c4c5ccc6c7ccc8c9ccc%10c%11c(C)cc%12c%13c(cc(C)c(c%14ccc(c%15ccc(c%16ccc(c1c34)c5c%166)c7c%158)c9c%14%10)c%13%11)C(=O)N(C(CCCCCCC)CCCCCCC)C%12=O)C(=O)N(C(C)C)C2=O. The Bertz CT molecular complexity index is 5210. The molecule has 0 unspecified atom stereocenters. The monoisotopic (exact) mass is 1300 g/mol. The van der Waals surface area contributed by atoms with E-state index in [1.165, 1.54) is 152 Å². The lowest BCUT2D eigenvalue weighted by Crippen LogP contribution is -2.47. The molecule has 2 heterocycles. The lowest BCUT2D eigenvalue weighted by Gasteiger charge is -2.35. The normalized spacial score (nSPS) is 14.0. The standard InChI is InChI=1S/C90H94N2O6/c1-9-13-17-21-25-29-45-97-71-49-69-82-70(88(94)91(51(5)6)87(69)93)50-72(98-46-30-26-22-18-14-10-2)84-66-44-40-62-58-36-34-56-60-38-42-64-74-53(8)48-68-81-67(89(95)92(90(68)96)54(31-27-23-19-15-11-3)32-28-24-20-16-12-4)47-52(7)73(85(74)81)63-41-37-59(77(60)79(63)64)55-33-35-57(76(58)75(55)56)61-39-43-65(80(66)78(61)62)83(71)86(82)84/h33-44,47-51,54H,9-32,45-46H2,1-8H3. The number of fused-ring (bicyclic) bond motifs is 8. The minimum atomic E-state index is -0.344. The summed E-state index contributed by atoms with van der Waals surface area (Å²) in [6.07, 6.45) is 26.6. The fraction of sp³-hybridized carbons (Fsp3) is 0.400. The van der Waals surface area contributed by atoms with Crippen molar-refractivity contribution in [2.45, 2.75) is 222 Å². The van der Waals surface area contributed by atoms with Crippen LogP contribution in [0.2, 0.25) is 0 Å². The highest BCUT2D eigenvalue weighted by Gasteiger charge is 2.41. The second-order valence-corrected chi connectivity index (χ2v) is 29.9. The van der Waals surface area contributed by atoms with E-state index in [1.807, 2.05) is 26.0 Å². The molecular weight excluding hydrogens is 1200 g/mol. The maximum absolute atomic E-state index is 15.3. The molecule has 500 valence electrons. The predicted molar refractivity (Wildman–Crippen MR) is 413 cm³/mol. The summed E-state index contributed by atoms with van der Waals surface area (Å²) in [6.45, 7) is 18.2. The zero-order valence-corrected chi connectivity index (χ0v) is 59.1. The van der Waals surface area contributed by atoms with E-state index in [-0.39, 0.29) is 35.7 Å². The minimum Gasteiger partial charge on any atom is -0.493 e. The molecule has 2 aliphatic rings. The first-order valence-corrected chi connectivity index (χ1v) is 38.0. The third kappa shape index (κ3) is 9.84. The zero-order chi connectivity index (χ0) is 67.4. The number of hydrogen-bond acceptors (Lipinski definition) is 6. The number of aryl methyl sites for hydroxylation is 2. The summed E-state index contributed by atoms with van der Waals surface area (Å²) < 4.78 is 14.1. The number of hydrogen-bond donors (Lipinski definition) is 0. The Labute approximate surface area is 575 Å². The van der Waals surface area contributed by atoms with Gasteiger partial charge in [0, 0.05) is 50.1 Å². The number of imide groups is 2. The van der Waals surface area contributed by atoms with Crippen molar-refractivity contribution in [3.8, 4) is 11.5 Å². The molecule has 4 amide bonds. The van der Waals surface area contributed by atoms with Crippen LogP contribution in [0.3, 0.4) is 0 Å². The topological polar surface area (TPSA) is 93.2 Å². The Morgan fingerprint density at radius 2 is 0.551 bits per heavy atom. The first-order valence-electron chi connectivity index (χ1n) is 38.0. The van der Waals surface area contributed by atoms with Gasteiger partial charge < -0.3 is 9.47 Å². The van der Waals surface area contributed by atoms with Crippen LogP contribution in [0.25, 0.3) is 140 Å². The van der Waals surface area contributed by atoms with Gasteiger partial charge in [-0.2, -0.15) is 0 Å². The van der Waals surface area contributed by atoms with Gasteiger partial charge in [-0.1, -0.05) is 229 Å². The average Bonchev–Trinajstić information content (AvgIpc) is 0.677. The van der Waals surface area contributed by atoms with Gasteiger partial charge in [-0.15, -0.1) is 0 Å². The van der Waals surface area contributed by atoms with Crippen LogP contribution in [-0.4, -0.2) is 58.7 Å². The van der Waals surface area contributed by atoms with Crippen LogP contribution >= 0.6 is 0 Å². The highest BCUT2D eigenvalue weighted by atomic mass is 16.5. The molecule has 0 bridgehead atoms. The number of rotatable bonds is 30. The molecule has 0 aromatic heterocycles. The first-order chi connectivity index (χ1) is 47.9. The van der Waals surface area contributed by atoms with Gasteiger partial charge in [-0.25, -0.2) is 0 Å². The number of carbonyl (C=O) groups is 4. The molecule has 14 aromatic rings. The van der Waals surface area contributed by atoms with Crippen LogP contribution < -0.4 is 9.47 Å². The molecule has 8 heteroatoms. The van der Waals surface area contributed by atoms with Gasteiger partial charge in [-0.05, 0) is 202 Å². The van der Waals surface area contributed by atoms with Crippen LogP contribution in [0.5, 0.6) is 11.5 Å². The Kier molecular flexibility index (Phi) is 16.9. The molecule has 0 saturated carbocycles. The van der Waals surface area contributed by atoms with Crippen LogP contribution in [0.4, 0.5) is 0 Å². The maximum atomic E-state index is 15.3. The van der Waals surface area contributed by atoms with Crippen LogP contribution in [0.1, 0.15) is 248 Å². The summed E-state index contributed by atoms with van der Waals surface area (Å²) >= 11 is 0. The van der Waals surface area contributed by atoms with E-state index in [2.05, 4.69) is 126 Å². The summed E-state index contributed by atoms with van der Waals surface area (Å²) in [5, 5.41) is 28.8. The van der Waals surface area contributed by atoms with Gasteiger partial charge in [0.1, 0.15) is 11.5 Å². The second kappa shape index (κ2) is 25.9. The molecule has 98 heavy (non-hydrogen) atoms. The van der Waals surface area contributed by atoms with Gasteiger partial charge in [0.05, 0.1) is 24.3 Å². The van der Waals surface area contributed by atoms with Gasteiger partial charge in [0.25, 0.3) is 23.6 Å².